The van der Waals surface area contributed by atoms with Crippen LogP contribution in [-0.4, -0.2) is 12.5 Å². The highest BCUT2D eigenvalue weighted by Crippen LogP contribution is 2.13. The van der Waals surface area contributed by atoms with Crippen molar-refractivity contribution in [1.29, 1.82) is 0 Å². The van der Waals surface area contributed by atoms with Crippen LogP contribution in [0.4, 0.5) is 8.78 Å². The third kappa shape index (κ3) is 3.50. The van der Waals surface area contributed by atoms with Crippen LogP contribution in [0, 0.1) is 11.6 Å². The highest BCUT2D eigenvalue weighted by molar-refractivity contribution is 5.73. The van der Waals surface area contributed by atoms with Crippen LogP contribution in [0.2, 0.25) is 0 Å². The molecule has 0 saturated heterocycles. The summed E-state index contributed by atoms with van der Waals surface area (Å²) in [5.74, 6) is -1.42. The summed E-state index contributed by atoms with van der Waals surface area (Å²) < 4.78 is 26.1. The molecule has 2 nitrogen and oxygen atoms in total. The minimum atomic E-state index is -0.617. The molecular formula is C11H11F2NO. The van der Waals surface area contributed by atoms with Gasteiger partial charge in [-0.2, -0.15) is 0 Å². The second kappa shape index (κ2) is 5.24. The first-order valence-corrected chi connectivity index (χ1v) is 4.46. The largest absolute Gasteiger partial charge is 0.353 e. The Labute approximate surface area is 86.6 Å². The highest BCUT2D eigenvalue weighted by atomic mass is 19.1. The fourth-order valence-corrected chi connectivity index (χ4v) is 1.05. The topological polar surface area (TPSA) is 29.1 Å². The molecule has 0 aromatic heterocycles. The number of hydrogen-bond acceptors (Lipinski definition) is 1. The van der Waals surface area contributed by atoms with Gasteiger partial charge in [0.15, 0.2) is 0 Å². The minimum absolute atomic E-state index is 0.0946. The van der Waals surface area contributed by atoms with E-state index >= 15 is 0 Å². The maximum atomic E-state index is 13.1. The molecule has 0 radical (unpaired) electrons. The average Bonchev–Trinajstić information content (AvgIpc) is 2.15. The third-order valence-corrected chi connectivity index (χ3v) is 1.75. The summed E-state index contributed by atoms with van der Waals surface area (Å²) >= 11 is 0. The quantitative estimate of drug-likeness (QED) is 0.815. The fraction of sp³-hybridized carbons (Fsp3) is 0.182. The van der Waals surface area contributed by atoms with Crippen LogP contribution in [-0.2, 0) is 4.79 Å². The zero-order chi connectivity index (χ0) is 11.3. The fourth-order valence-electron chi connectivity index (χ4n) is 1.05. The van der Waals surface area contributed by atoms with E-state index in [1.807, 2.05) is 0 Å². The maximum Gasteiger partial charge on any atom is 0.217 e. The van der Waals surface area contributed by atoms with E-state index in [-0.39, 0.29) is 18.0 Å². The van der Waals surface area contributed by atoms with Crippen molar-refractivity contribution < 1.29 is 13.6 Å². The van der Waals surface area contributed by atoms with E-state index in [1.165, 1.54) is 37.3 Å². The molecule has 0 heterocycles. The third-order valence-electron chi connectivity index (χ3n) is 1.75. The number of carbonyl (C=O) groups is 1. The van der Waals surface area contributed by atoms with Crippen LogP contribution in [0.3, 0.4) is 0 Å². The zero-order valence-electron chi connectivity index (χ0n) is 8.26. The molecule has 0 spiro atoms. The van der Waals surface area contributed by atoms with E-state index in [4.69, 9.17) is 0 Å². The molecule has 15 heavy (non-hydrogen) atoms. The molecule has 0 saturated carbocycles. The van der Waals surface area contributed by atoms with Gasteiger partial charge in [-0.1, -0.05) is 18.2 Å². The number of halogens is 2. The molecule has 0 atom stereocenters. The van der Waals surface area contributed by atoms with Crippen molar-refractivity contribution in [3.05, 3.63) is 41.5 Å². The Morgan fingerprint density at radius 3 is 2.53 bits per heavy atom. The Bertz CT molecular complexity index is 368. The van der Waals surface area contributed by atoms with Crippen LogP contribution < -0.4 is 5.32 Å². The van der Waals surface area contributed by atoms with E-state index < -0.39 is 11.6 Å². The Morgan fingerprint density at radius 1 is 1.40 bits per heavy atom. The number of benzene rings is 1. The lowest BCUT2D eigenvalue weighted by Gasteiger charge is -1.98. The lowest BCUT2D eigenvalue weighted by molar-refractivity contribution is -0.118. The smallest absolute Gasteiger partial charge is 0.217 e. The Balaban J connectivity index is 2.67. The molecule has 0 fully saturated rings. The van der Waals surface area contributed by atoms with Gasteiger partial charge < -0.3 is 5.32 Å². The molecule has 0 bridgehead atoms. The number of hydrogen-bond donors (Lipinski definition) is 1. The van der Waals surface area contributed by atoms with Gasteiger partial charge in [-0.3, -0.25) is 4.79 Å². The SMILES string of the molecule is CC(=O)NCC=Cc1c(F)cccc1F. The molecule has 1 rings (SSSR count). The maximum absolute atomic E-state index is 13.1. The van der Waals surface area contributed by atoms with Crippen molar-refractivity contribution in [2.45, 2.75) is 6.92 Å². The summed E-state index contributed by atoms with van der Waals surface area (Å²) in [5, 5.41) is 2.48. The monoisotopic (exact) mass is 211 g/mol. The van der Waals surface area contributed by atoms with Crippen molar-refractivity contribution in [2.75, 3.05) is 6.54 Å². The van der Waals surface area contributed by atoms with Crippen molar-refractivity contribution >= 4 is 12.0 Å². The summed E-state index contributed by atoms with van der Waals surface area (Å²) in [6.07, 6.45) is 2.80. The van der Waals surface area contributed by atoms with E-state index in [9.17, 15) is 13.6 Å². The first-order valence-electron chi connectivity index (χ1n) is 4.46. The molecule has 1 aromatic carbocycles. The Hall–Kier alpha value is -1.71. The number of amides is 1. The number of carbonyl (C=O) groups excluding carboxylic acids is 1. The van der Waals surface area contributed by atoms with E-state index in [0.29, 0.717) is 0 Å². The summed E-state index contributed by atoms with van der Waals surface area (Å²) in [4.78, 5) is 10.5. The van der Waals surface area contributed by atoms with Gasteiger partial charge in [-0.25, -0.2) is 8.78 Å². The molecule has 0 aliphatic rings. The van der Waals surface area contributed by atoms with Gasteiger partial charge >= 0.3 is 0 Å². The second-order valence-electron chi connectivity index (χ2n) is 2.97. The lowest BCUT2D eigenvalue weighted by Crippen LogP contribution is -2.19. The molecule has 4 heteroatoms. The average molecular weight is 211 g/mol. The normalized spacial score (nSPS) is 10.6. The molecule has 0 unspecified atom stereocenters. The molecule has 1 aromatic rings. The van der Waals surface area contributed by atoms with Crippen LogP contribution in [0.15, 0.2) is 24.3 Å². The molecular weight excluding hydrogens is 200 g/mol. The first-order chi connectivity index (χ1) is 7.11. The minimum Gasteiger partial charge on any atom is -0.353 e. The van der Waals surface area contributed by atoms with Gasteiger partial charge in [0.2, 0.25) is 5.91 Å². The van der Waals surface area contributed by atoms with E-state index in [1.54, 1.807) is 0 Å². The number of rotatable bonds is 3. The summed E-state index contributed by atoms with van der Waals surface area (Å²) in [7, 11) is 0. The zero-order valence-corrected chi connectivity index (χ0v) is 8.26. The van der Waals surface area contributed by atoms with Crippen molar-refractivity contribution in [3.63, 3.8) is 0 Å². The predicted octanol–water partition coefficient (Wildman–Crippen LogP) is 2.11. The van der Waals surface area contributed by atoms with Crippen molar-refractivity contribution in [3.8, 4) is 0 Å². The van der Waals surface area contributed by atoms with Crippen LogP contribution >= 0.6 is 0 Å². The molecule has 0 aliphatic carbocycles. The molecule has 1 amide bonds. The van der Waals surface area contributed by atoms with Crippen LogP contribution in [0.1, 0.15) is 12.5 Å². The Kier molecular flexibility index (Phi) is 3.97. The number of nitrogens with one attached hydrogen (secondary N) is 1. The van der Waals surface area contributed by atoms with Gasteiger partial charge in [0, 0.05) is 19.0 Å². The molecule has 1 N–H and O–H groups in total. The predicted molar refractivity (Wildman–Crippen MR) is 54.1 cm³/mol. The molecule has 80 valence electrons. The van der Waals surface area contributed by atoms with Gasteiger partial charge in [0.25, 0.3) is 0 Å². The first kappa shape index (κ1) is 11.4. The van der Waals surface area contributed by atoms with Crippen molar-refractivity contribution in [2.24, 2.45) is 0 Å². The van der Waals surface area contributed by atoms with Gasteiger partial charge in [0.1, 0.15) is 11.6 Å². The van der Waals surface area contributed by atoms with Gasteiger partial charge in [-0.05, 0) is 12.1 Å². The highest BCUT2D eigenvalue weighted by Gasteiger charge is 2.03. The van der Waals surface area contributed by atoms with Crippen LogP contribution in [0.25, 0.3) is 6.08 Å². The summed E-state index contributed by atoms with van der Waals surface area (Å²) in [5.41, 5.74) is -0.0946. The van der Waals surface area contributed by atoms with Gasteiger partial charge in [-0.15, -0.1) is 0 Å². The summed E-state index contributed by atoms with van der Waals surface area (Å²) in [6.45, 7) is 1.63. The van der Waals surface area contributed by atoms with Crippen LogP contribution in [0.5, 0.6) is 0 Å². The van der Waals surface area contributed by atoms with Gasteiger partial charge in [0.05, 0.1) is 0 Å². The summed E-state index contributed by atoms with van der Waals surface area (Å²) in [6, 6.07) is 3.66. The standard InChI is InChI=1S/C11H11F2NO/c1-8(15)14-7-3-4-9-10(12)5-2-6-11(9)13/h2-6H,7H2,1H3,(H,14,15). The lowest BCUT2D eigenvalue weighted by atomic mass is 10.2. The van der Waals surface area contributed by atoms with Crippen molar-refractivity contribution in [1.82, 2.24) is 5.32 Å². The molecule has 0 aliphatic heterocycles. The van der Waals surface area contributed by atoms with E-state index in [2.05, 4.69) is 5.32 Å². The Morgan fingerprint density at radius 2 is 2.00 bits per heavy atom. The second-order valence-corrected chi connectivity index (χ2v) is 2.97. The van der Waals surface area contributed by atoms with E-state index in [0.717, 1.165) is 0 Å².